The maximum absolute atomic E-state index is 12.8. The van der Waals surface area contributed by atoms with E-state index in [2.05, 4.69) is 15.1 Å². The Morgan fingerprint density at radius 2 is 2.17 bits per heavy atom. The largest absolute Gasteiger partial charge is 0.384 e. The van der Waals surface area contributed by atoms with Gasteiger partial charge in [-0.3, -0.25) is 9.78 Å². The molecule has 162 valence electrons. The number of nitrogens with zero attached hydrogens (tertiary/aromatic N) is 4. The number of methoxy groups -OCH3 is 1. The predicted octanol–water partition coefficient (Wildman–Crippen LogP) is 2.61. The minimum absolute atomic E-state index is 0.0548. The van der Waals surface area contributed by atoms with E-state index in [0.717, 1.165) is 44.4 Å². The average molecular weight is 415 g/mol. The van der Waals surface area contributed by atoms with Crippen molar-refractivity contribution in [1.82, 2.24) is 20.0 Å². The summed E-state index contributed by atoms with van der Waals surface area (Å²) in [4.78, 5) is 23.4. The van der Waals surface area contributed by atoms with Gasteiger partial charge < -0.3 is 18.9 Å². The van der Waals surface area contributed by atoms with E-state index in [0.29, 0.717) is 49.3 Å². The molecule has 0 aliphatic carbocycles. The van der Waals surface area contributed by atoms with Gasteiger partial charge in [0.05, 0.1) is 17.8 Å². The average Bonchev–Trinajstić information content (AvgIpc) is 3.20. The monoisotopic (exact) mass is 414 g/mol. The first kappa shape index (κ1) is 20.9. The van der Waals surface area contributed by atoms with E-state index in [-0.39, 0.29) is 11.5 Å². The molecule has 0 saturated carbocycles. The third kappa shape index (κ3) is 4.87. The van der Waals surface area contributed by atoms with Gasteiger partial charge in [0, 0.05) is 51.5 Å². The zero-order chi connectivity index (χ0) is 21.0. The third-order valence-corrected chi connectivity index (χ3v) is 6.22. The van der Waals surface area contributed by atoms with Crippen LogP contribution in [0.3, 0.4) is 0 Å². The molecule has 4 rings (SSSR count). The van der Waals surface area contributed by atoms with Crippen LogP contribution in [-0.2, 0) is 22.3 Å². The number of aryl methyl sites for hydroxylation is 1. The predicted molar refractivity (Wildman–Crippen MR) is 109 cm³/mol. The summed E-state index contributed by atoms with van der Waals surface area (Å²) in [5, 5.41) is 4.04. The second-order valence-electron chi connectivity index (χ2n) is 8.42. The molecule has 2 aliphatic rings. The Morgan fingerprint density at radius 1 is 1.33 bits per heavy atom. The summed E-state index contributed by atoms with van der Waals surface area (Å²) in [5.74, 6) is 1.91. The lowest BCUT2D eigenvalue weighted by atomic mass is 9.78. The SMILES string of the molecule is COCCc1noc(CC2CCOC3(CCN(C(=O)c4ccc(C)nc4)CC3)C2)n1. The number of hydrogen-bond acceptors (Lipinski definition) is 7. The number of aromatic nitrogens is 3. The van der Waals surface area contributed by atoms with Crippen molar-refractivity contribution in [2.24, 2.45) is 5.92 Å². The number of carbonyl (C=O) groups is 1. The van der Waals surface area contributed by atoms with Crippen LogP contribution in [0.1, 0.15) is 53.5 Å². The number of rotatable bonds is 6. The first-order valence-corrected chi connectivity index (χ1v) is 10.7. The second-order valence-corrected chi connectivity index (χ2v) is 8.42. The van der Waals surface area contributed by atoms with Gasteiger partial charge in [0.1, 0.15) is 0 Å². The van der Waals surface area contributed by atoms with E-state index in [1.165, 1.54) is 0 Å². The number of piperidine rings is 1. The lowest BCUT2D eigenvalue weighted by Gasteiger charge is -2.46. The van der Waals surface area contributed by atoms with E-state index < -0.39 is 0 Å². The van der Waals surface area contributed by atoms with Crippen LogP contribution in [0.5, 0.6) is 0 Å². The molecule has 30 heavy (non-hydrogen) atoms. The molecule has 2 fully saturated rings. The Hall–Kier alpha value is -2.32. The van der Waals surface area contributed by atoms with Crippen LogP contribution < -0.4 is 0 Å². The van der Waals surface area contributed by atoms with Gasteiger partial charge >= 0.3 is 0 Å². The molecule has 0 radical (unpaired) electrons. The molecule has 8 nitrogen and oxygen atoms in total. The van der Waals surface area contributed by atoms with Crippen molar-refractivity contribution in [3.05, 3.63) is 41.3 Å². The van der Waals surface area contributed by atoms with Gasteiger partial charge in [-0.2, -0.15) is 4.98 Å². The number of amides is 1. The molecule has 2 aromatic heterocycles. The first-order valence-electron chi connectivity index (χ1n) is 10.7. The standard InChI is InChI=1S/C22H30N4O4/c1-16-3-4-18(15-23-16)21(27)26-9-7-22(8-10-26)14-17(5-12-29-22)13-20-24-19(25-30-20)6-11-28-2/h3-4,15,17H,5-14H2,1-2H3. The molecular formula is C22H30N4O4. The van der Waals surface area contributed by atoms with Crippen LogP contribution in [-0.4, -0.2) is 64.9 Å². The molecule has 1 spiro atoms. The van der Waals surface area contributed by atoms with Crippen molar-refractivity contribution in [3.8, 4) is 0 Å². The van der Waals surface area contributed by atoms with Gasteiger partial charge in [-0.15, -0.1) is 0 Å². The van der Waals surface area contributed by atoms with Gasteiger partial charge in [-0.25, -0.2) is 0 Å². The molecule has 2 saturated heterocycles. The van der Waals surface area contributed by atoms with Crippen molar-refractivity contribution in [2.75, 3.05) is 33.4 Å². The number of carbonyl (C=O) groups excluding carboxylic acids is 1. The van der Waals surface area contributed by atoms with Gasteiger partial charge in [-0.1, -0.05) is 5.16 Å². The molecular weight excluding hydrogens is 384 g/mol. The van der Waals surface area contributed by atoms with Crippen LogP contribution in [0.4, 0.5) is 0 Å². The smallest absolute Gasteiger partial charge is 0.255 e. The van der Waals surface area contributed by atoms with E-state index in [4.69, 9.17) is 14.0 Å². The molecule has 1 amide bonds. The Kier molecular flexibility index (Phi) is 6.43. The summed E-state index contributed by atoms with van der Waals surface area (Å²) >= 11 is 0. The molecule has 2 aromatic rings. The molecule has 1 unspecified atom stereocenters. The zero-order valence-corrected chi connectivity index (χ0v) is 17.8. The zero-order valence-electron chi connectivity index (χ0n) is 17.8. The van der Waals surface area contributed by atoms with Gasteiger partial charge in [0.15, 0.2) is 5.82 Å². The number of hydrogen-bond donors (Lipinski definition) is 0. The Bertz CT molecular complexity index is 843. The van der Waals surface area contributed by atoms with Crippen molar-refractivity contribution in [1.29, 1.82) is 0 Å². The lowest BCUT2D eigenvalue weighted by molar-refractivity contribution is -0.124. The molecule has 0 N–H and O–H groups in total. The van der Waals surface area contributed by atoms with Gasteiger partial charge in [0.2, 0.25) is 5.89 Å². The fourth-order valence-electron chi connectivity index (χ4n) is 4.46. The minimum atomic E-state index is -0.149. The van der Waals surface area contributed by atoms with Crippen molar-refractivity contribution in [3.63, 3.8) is 0 Å². The quantitative estimate of drug-likeness (QED) is 0.717. The fourth-order valence-corrected chi connectivity index (χ4v) is 4.46. The lowest BCUT2D eigenvalue weighted by Crippen LogP contribution is -2.51. The number of likely N-dealkylation sites (tertiary alicyclic amines) is 1. The fraction of sp³-hybridized carbons (Fsp3) is 0.636. The summed E-state index contributed by atoms with van der Waals surface area (Å²) in [6.45, 7) is 4.67. The number of ether oxygens (including phenoxy) is 2. The van der Waals surface area contributed by atoms with Crippen molar-refractivity contribution >= 4 is 5.91 Å². The first-order chi connectivity index (χ1) is 14.6. The highest BCUT2D eigenvalue weighted by Gasteiger charge is 2.41. The van der Waals surface area contributed by atoms with Crippen LogP contribution in [0.25, 0.3) is 0 Å². The summed E-state index contributed by atoms with van der Waals surface area (Å²) in [6, 6.07) is 3.74. The molecule has 4 heterocycles. The third-order valence-electron chi connectivity index (χ3n) is 6.22. The highest BCUT2D eigenvalue weighted by Crippen LogP contribution is 2.39. The van der Waals surface area contributed by atoms with Gasteiger partial charge in [0.25, 0.3) is 5.91 Å². The molecule has 8 heteroatoms. The van der Waals surface area contributed by atoms with Crippen LogP contribution in [0.2, 0.25) is 0 Å². The van der Waals surface area contributed by atoms with Crippen LogP contribution >= 0.6 is 0 Å². The van der Waals surface area contributed by atoms with E-state index >= 15 is 0 Å². The highest BCUT2D eigenvalue weighted by atomic mass is 16.5. The van der Waals surface area contributed by atoms with E-state index in [1.807, 2.05) is 24.0 Å². The maximum Gasteiger partial charge on any atom is 0.255 e. The number of pyridine rings is 1. The maximum atomic E-state index is 12.8. The van der Waals surface area contributed by atoms with Crippen molar-refractivity contribution in [2.45, 2.75) is 51.0 Å². The van der Waals surface area contributed by atoms with Gasteiger partial charge in [-0.05, 0) is 50.7 Å². The summed E-state index contributed by atoms with van der Waals surface area (Å²) in [6.07, 6.45) is 6.79. The summed E-state index contributed by atoms with van der Waals surface area (Å²) in [7, 11) is 1.67. The Labute approximate surface area is 177 Å². The van der Waals surface area contributed by atoms with Crippen LogP contribution in [0.15, 0.2) is 22.9 Å². The summed E-state index contributed by atoms with van der Waals surface area (Å²) in [5.41, 5.74) is 1.42. The van der Waals surface area contributed by atoms with Crippen LogP contribution in [0, 0.1) is 12.8 Å². The second kappa shape index (κ2) is 9.22. The minimum Gasteiger partial charge on any atom is -0.384 e. The highest BCUT2D eigenvalue weighted by molar-refractivity contribution is 5.94. The molecule has 0 aromatic carbocycles. The molecule has 1 atom stereocenters. The molecule has 0 bridgehead atoms. The van der Waals surface area contributed by atoms with Crippen molar-refractivity contribution < 1.29 is 18.8 Å². The normalized spacial score (nSPS) is 21.1. The van der Waals surface area contributed by atoms with E-state index in [9.17, 15) is 4.79 Å². The molecule has 2 aliphatic heterocycles. The summed E-state index contributed by atoms with van der Waals surface area (Å²) < 4.78 is 16.7. The van der Waals surface area contributed by atoms with E-state index in [1.54, 1.807) is 13.3 Å². The Balaban J connectivity index is 1.31. The Morgan fingerprint density at radius 3 is 2.90 bits per heavy atom. The topological polar surface area (TPSA) is 90.6 Å².